The largest absolute Gasteiger partial charge is 0.397 e. The first kappa shape index (κ1) is 20.3. The molecule has 10 nitrogen and oxygen atoms in total. The van der Waals surface area contributed by atoms with Crippen LogP contribution in [-0.4, -0.2) is 42.1 Å². The Hall–Kier alpha value is -3.93. The van der Waals surface area contributed by atoms with Crippen molar-refractivity contribution in [3.05, 3.63) is 46.3 Å². The molecule has 0 bridgehead atoms. The topological polar surface area (TPSA) is 161 Å². The smallest absolute Gasteiger partial charge is 0.211 e. The number of anilines is 3. The number of nitrogens with zero attached hydrogens (tertiary/aromatic N) is 5. The van der Waals surface area contributed by atoms with E-state index in [4.69, 9.17) is 21.5 Å². The van der Waals surface area contributed by atoms with Gasteiger partial charge in [-0.25, -0.2) is 14.4 Å². The molecule has 11 heteroatoms. The highest BCUT2D eigenvalue weighted by Crippen LogP contribution is 2.40. The van der Waals surface area contributed by atoms with Crippen LogP contribution in [0, 0.1) is 28.6 Å². The van der Waals surface area contributed by atoms with Crippen molar-refractivity contribution in [1.82, 2.24) is 15.2 Å². The van der Waals surface area contributed by atoms with Crippen LogP contribution < -0.4 is 22.1 Å². The number of morpholine rings is 1. The number of fused-ring (bicyclic) bond motifs is 1. The van der Waals surface area contributed by atoms with Crippen LogP contribution in [0.5, 0.6) is 0 Å². The van der Waals surface area contributed by atoms with Crippen molar-refractivity contribution in [2.24, 2.45) is 4.99 Å². The number of nitrogens with one attached hydrogen (secondary N) is 2. The molecule has 0 aliphatic carbocycles. The Morgan fingerprint density at radius 1 is 1.29 bits per heavy atom. The highest BCUT2D eigenvalue weighted by atomic mass is 19.1. The van der Waals surface area contributed by atoms with Crippen LogP contribution in [0.4, 0.5) is 21.7 Å². The molecule has 6 N–H and O–H groups in total. The van der Waals surface area contributed by atoms with Gasteiger partial charge in [-0.3, -0.25) is 10.2 Å². The average molecular weight is 421 g/mol. The van der Waals surface area contributed by atoms with Crippen molar-refractivity contribution in [3.63, 3.8) is 0 Å². The van der Waals surface area contributed by atoms with Gasteiger partial charge in [0.25, 0.3) is 0 Å². The third-order valence-corrected chi connectivity index (χ3v) is 5.25. The van der Waals surface area contributed by atoms with Crippen molar-refractivity contribution in [1.29, 1.82) is 10.5 Å². The summed E-state index contributed by atoms with van der Waals surface area (Å²) in [6.45, 7) is 3.23. The van der Waals surface area contributed by atoms with Crippen molar-refractivity contribution in [2.75, 3.05) is 43.1 Å². The maximum absolute atomic E-state index is 15.0. The highest BCUT2D eigenvalue weighted by molar-refractivity contribution is 5.98. The SMILES string of the molecule is N#CNC1=NC(c2ccc(CN3CCOCC3)c(F)c2)c2c(nc(N)c(C#N)c2N)N1. The van der Waals surface area contributed by atoms with Crippen LogP contribution in [-0.2, 0) is 11.3 Å². The van der Waals surface area contributed by atoms with Crippen LogP contribution in [0.15, 0.2) is 23.2 Å². The van der Waals surface area contributed by atoms with Gasteiger partial charge in [-0.1, -0.05) is 12.1 Å². The summed E-state index contributed by atoms with van der Waals surface area (Å²) in [7, 11) is 0. The third kappa shape index (κ3) is 3.92. The van der Waals surface area contributed by atoms with Gasteiger partial charge in [-0.15, -0.1) is 0 Å². The molecular formula is C20H20FN9O. The van der Waals surface area contributed by atoms with E-state index < -0.39 is 6.04 Å². The Kier molecular flexibility index (Phi) is 5.54. The van der Waals surface area contributed by atoms with Crippen molar-refractivity contribution in [3.8, 4) is 12.3 Å². The summed E-state index contributed by atoms with van der Waals surface area (Å²) < 4.78 is 20.3. The van der Waals surface area contributed by atoms with Gasteiger partial charge in [0.05, 0.1) is 18.9 Å². The second-order valence-corrected chi connectivity index (χ2v) is 7.14. The maximum atomic E-state index is 15.0. The number of hydrogen-bond acceptors (Lipinski definition) is 10. The molecule has 3 heterocycles. The fourth-order valence-corrected chi connectivity index (χ4v) is 3.68. The monoisotopic (exact) mass is 421 g/mol. The number of aromatic nitrogens is 1. The molecule has 1 fully saturated rings. The lowest BCUT2D eigenvalue weighted by atomic mass is 9.94. The van der Waals surface area contributed by atoms with Gasteiger partial charge < -0.3 is 21.5 Å². The lowest BCUT2D eigenvalue weighted by Crippen LogP contribution is -2.35. The summed E-state index contributed by atoms with van der Waals surface area (Å²) in [4.78, 5) is 10.8. The molecule has 2 aliphatic heterocycles. The standard InChI is InChI=1S/C20H20FN9O/c21-14-7-11(1-2-12(14)9-30-3-5-31-6-4-30)17-15-16(24)13(8-22)18(25)28-19(15)29-20(27-17)26-10-23/h1-2,7,17H,3-6,9H2,(H6,24,25,26,27,28,29). The molecule has 0 radical (unpaired) electrons. The van der Waals surface area contributed by atoms with E-state index in [9.17, 15) is 9.65 Å². The van der Waals surface area contributed by atoms with Gasteiger partial charge in [0.15, 0.2) is 6.19 Å². The molecule has 2 aromatic rings. The Morgan fingerprint density at radius 3 is 2.74 bits per heavy atom. The summed E-state index contributed by atoms with van der Waals surface area (Å²) in [6.07, 6.45) is 1.78. The predicted molar refractivity (Wildman–Crippen MR) is 112 cm³/mol. The van der Waals surface area contributed by atoms with Gasteiger partial charge in [-0.2, -0.15) is 10.5 Å². The zero-order chi connectivity index (χ0) is 22.0. The lowest BCUT2D eigenvalue weighted by Gasteiger charge is -2.28. The average Bonchev–Trinajstić information content (AvgIpc) is 2.76. The first-order chi connectivity index (χ1) is 15.0. The normalized spacial score (nSPS) is 18.2. The minimum Gasteiger partial charge on any atom is -0.397 e. The van der Waals surface area contributed by atoms with E-state index in [1.54, 1.807) is 18.3 Å². The van der Waals surface area contributed by atoms with Crippen molar-refractivity contribution >= 4 is 23.3 Å². The first-order valence-electron chi connectivity index (χ1n) is 9.59. The van der Waals surface area contributed by atoms with E-state index in [1.807, 2.05) is 6.07 Å². The van der Waals surface area contributed by atoms with Gasteiger partial charge in [-0.05, 0) is 11.6 Å². The first-order valence-corrected chi connectivity index (χ1v) is 9.59. The number of aliphatic imine (C=N–C) groups is 1. The Bertz CT molecular complexity index is 1130. The molecule has 0 amide bonds. The molecule has 1 aromatic heterocycles. The van der Waals surface area contributed by atoms with Crippen LogP contribution in [0.25, 0.3) is 0 Å². The third-order valence-electron chi connectivity index (χ3n) is 5.25. The second kappa shape index (κ2) is 8.44. The minimum atomic E-state index is -0.778. The quantitative estimate of drug-likeness (QED) is 0.419. The molecule has 0 saturated carbocycles. The molecule has 0 spiro atoms. The zero-order valence-corrected chi connectivity index (χ0v) is 16.5. The van der Waals surface area contributed by atoms with E-state index >= 15 is 0 Å². The molecule has 1 unspecified atom stereocenters. The lowest BCUT2D eigenvalue weighted by molar-refractivity contribution is 0.0337. The fraction of sp³-hybridized carbons (Fsp3) is 0.300. The van der Waals surface area contributed by atoms with Gasteiger partial charge >= 0.3 is 0 Å². The van der Waals surface area contributed by atoms with Crippen molar-refractivity contribution in [2.45, 2.75) is 12.6 Å². The molecule has 158 valence electrons. The Labute approximate surface area is 177 Å². The summed E-state index contributed by atoms with van der Waals surface area (Å²) in [5.74, 6) is -0.0508. The molecule has 1 aromatic carbocycles. The van der Waals surface area contributed by atoms with Crippen LogP contribution in [0.2, 0.25) is 0 Å². The molecule has 2 aliphatic rings. The predicted octanol–water partition coefficient (Wildman–Crippen LogP) is 1.03. The molecule has 1 saturated heterocycles. The number of hydrogen-bond donors (Lipinski definition) is 4. The van der Waals surface area contributed by atoms with Gasteiger partial charge in [0.2, 0.25) is 5.96 Å². The van der Waals surface area contributed by atoms with E-state index in [2.05, 4.69) is 25.5 Å². The number of benzene rings is 1. The molecular weight excluding hydrogens is 401 g/mol. The fourth-order valence-electron chi connectivity index (χ4n) is 3.68. The molecule has 1 atom stereocenters. The number of guanidine groups is 1. The number of pyridine rings is 1. The Balaban J connectivity index is 1.73. The van der Waals surface area contributed by atoms with E-state index in [-0.39, 0.29) is 34.7 Å². The number of nitrogen functional groups attached to an aromatic ring is 2. The maximum Gasteiger partial charge on any atom is 0.211 e. The van der Waals surface area contributed by atoms with E-state index in [0.717, 1.165) is 13.1 Å². The summed E-state index contributed by atoms with van der Waals surface area (Å²) in [5, 5.41) is 23.6. The summed E-state index contributed by atoms with van der Waals surface area (Å²) >= 11 is 0. The second-order valence-electron chi connectivity index (χ2n) is 7.14. The minimum absolute atomic E-state index is 0.0295. The van der Waals surface area contributed by atoms with Gasteiger partial charge in [0.1, 0.15) is 35.1 Å². The van der Waals surface area contributed by atoms with Gasteiger partial charge in [0, 0.05) is 30.8 Å². The highest BCUT2D eigenvalue weighted by Gasteiger charge is 2.30. The van der Waals surface area contributed by atoms with Crippen LogP contribution >= 0.6 is 0 Å². The number of nitriles is 2. The van der Waals surface area contributed by atoms with E-state index in [0.29, 0.717) is 36.4 Å². The molecule has 4 rings (SSSR count). The number of halogens is 1. The summed E-state index contributed by atoms with van der Waals surface area (Å²) in [6, 6.07) is 6.02. The number of ether oxygens (including phenoxy) is 1. The van der Waals surface area contributed by atoms with Crippen LogP contribution in [0.3, 0.4) is 0 Å². The van der Waals surface area contributed by atoms with Crippen LogP contribution in [0.1, 0.15) is 28.3 Å². The van der Waals surface area contributed by atoms with Crippen molar-refractivity contribution < 1.29 is 9.13 Å². The Morgan fingerprint density at radius 2 is 2.06 bits per heavy atom. The number of nitrogens with two attached hydrogens (primary N) is 2. The van der Waals surface area contributed by atoms with E-state index in [1.165, 1.54) is 6.07 Å². The summed E-state index contributed by atoms with van der Waals surface area (Å²) in [5.41, 5.74) is 13.6. The number of rotatable bonds is 3. The molecule has 31 heavy (non-hydrogen) atoms. The zero-order valence-electron chi connectivity index (χ0n) is 16.5.